The van der Waals surface area contributed by atoms with E-state index in [-0.39, 0.29) is 39.1 Å². The van der Waals surface area contributed by atoms with Gasteiger partial charge in [-0.1, -0.05) is 25.4 Å². The number of rotatable bonds is 4. The van der Waals surface area contributed by atoms with E-state index in [4.69, 9.17) is 21.4 Å². The quantitative estimate of drug-likeness (QED) is 0.581. The van der Waals surface area contributed by atoms with Crippen LogP contribution in [0.25, 0.3) is 0 Å². The maximum atomic E-state index is 13.0. The lowest BCUT2D eigenvalue weighted by atomic mass is 9.84. The monoisotopic (exact) mass is 460 g/mol. The zero-order valence-electron chi connectivity index (χ0n) is 18.1. The van der Waals surface area contributed by atoms with Gasteiger partial charge in [0.05, 0.1) is 10.6 Å². The van der Waals surface area contributed by atoms with Crippen molar-refractivity contribution >= 4 is 35.1 Å². The first-order chi connectivity index (χ1) is 15.0. The molecule has 3 rings (SSSR count). The second-order valence-corrected chi connectivity index (χ2v) is 9.05. The number of hydrogen-bond donors (Lipinski definition) is 3. The van der Waals surface area contributed by atoms with Gasteiger partial charge in [0.1, 0.15) is 17.2 Å². The molecule has 1 heterocycles. The van der Waals surface area contributed by atoms with Crippen molar-refractivity contribution in [1.29, 1.82) is 0 Å². The summed E-state index contributed by atoms with van der Waals surface area (Å²) in [6.45, 7) is 7.13. The van der Waals surface area contributed by atoms with Gasteiger partial charge in [-0.15, -0.1) is 0 Å². The van der Waals surface area contributed by atoms with Gasteiger partial charge in [-0.2, -0.15) is 0 Å². The van der Waals surface area contributed by atoms with Crippen LogP contribution in [0.4, 0.5) is 5.69 Å². The van der Waals surface area contributed by atoms with Crippen molar-refractivity contribution in [2.45, 2.75) is 33.6 Å². The molecule has 0 radical (unpaired) electrons. The summed E-state index contributed by atoms with van der Waals surface area (Å²) in [5.41, 5.74) is 0.901. The molecule has 2 aromatic carbocycles. The number of amides is 2. The van der Waals surface area contributed by atoms with Crippen molar-refractivity contribution in [3.63, 3.8) is 0 Å². The number of halogens is 1. The summed E-state index contributed by atoms with van der Waals surface area (Å²) in [6, 6.07) is 7.26. The lowest BCUT2D eigenvalue weighted by Gasteiger charge is -2.38. The molecule has 0 spiro atoms. The summed E-state index contributed by atoms with van der Waals surface area (Å²) in [5.74, 6) is -2.62. The molecule has 2 aromatic rings. The number of benzene rings is 2. The number of likely N-dealkylation sites (tertiary alicyclic amines) is 1. The smallest absolute Gasteiger partial charge is 0.394 e. The van der Waals surface area contributed by atoms with Crippen LogP contribution in [0, 0.1) is 12.3 Å². The number of piperidine rings is 1. The van der Waals surface area contributed by atoms with E-state index in [9.17, 15) is 19.5 Å². The van der Waals surface area contributed by atoms with Crippen molar-refractivity contribution in [3.05, 3.63) is 46.5 Å². The molecule has 0 atom stereocenters. The number of carbonyl (C=O) groups is 3. The molecule has 8 nitrogen and oxygen atoms in total. The van der Waals surface area contributed by atoms with Crippen LogP contribution in [0.3, 0.4) is 0 Å². The predicted molar refractivity (Wildman–Crippen MR) is 120 cm³/mol. The standard InChI is InChI=1S/C23H25ClN2O6/c1-13-9-14(25-20(28)22(30)31)10-17(24)19(13)32-15-5-6-18(27)16(11-15)21(29)26-8-4-7-23(2,3)12-26/h5-6,9-11,27H,4,7-8,12H2,1-3H3,(H,25,28)(H,30,31). The van der Waals surface area contributed by atoms with Crippen molar-refractivity contribution < 1.29 is 29.3 Å². The molecule has 1 saturated heterocycles. The van der Waals surface area contributed by atoms with Crippen molar-refractivity contribution in [3.8, 4) is 17.2 Å². The summed E-state index contributed by atoms with van der Waals surface area (Å²) in [7, 11) is 0. The average molecular weight is 461 g/mol. The highest BCUT2D eigenvalue weighted by atomic mass is 35.5. The summed E-state index contributed by atoms with van der Waals surface area (Å²) in [5, 5.41) is 21.4. The molecule has 1 aliphatic rings. The van der Waals surface area contributed by atoms with Crippen molar-refractivity contribution in [2.24, 2.45) is 5.41 Å². The van der Waals surface area contributed by atoms with Crippen LogP contribution in [0.5, 0.6) is 17.2 Å². The van der Waals surface area contributed by atoms with Crippen molar-refractivity contribution in [1.82, 2.24) is 4.90 Å². The van der Waals surface area contributed by atoms with Gasteiger partial charge in [-0.05, 0) is 61.1 Å². The zero-order valence-corrected chi connectivity index (χ0v) is 18.8. The zero-order chi connectivity index (χ0) is 23.6. The lowest BCUT2D eigenvalue weighted by Crippen LogP contribution is -2.43. The van der Waals surface area contributed by atoms with Gasteiger partial charge in [0.2, 0.25) is 0 Å². The number of nitrogens with zero attached hydrogens (tertiary/aromatic N) is 1. The fourth-order valence-corrected chi connectivity index (χ4v) is 4.06. The van der Waals surface area contributed by atoms with E-state index in [1.54, 1.807) is 11.8 Å². The minimum Gasteiger partial charge on any atom is -0.507 e. The maximum absolute atomic E-state index is 13.0. The molecule has 9 heteroatoms. The Bertz CT molecular complexity index is 1060. The second kappa shape index (κ2) is 9.08. The maximum Gasteiger partial charge on any atom is 0.394 e. The fraction of sp³-hybridized carbons (Fsp3) is 0.348. The Kier molecular flexibility index (Phi) is 6.64. The van der Waals surface area contributed by atoms with E-state index in [0.29, 0.717) is 24.4 Å². The van der Waals surface area contributed by atoms with Crippen LogP contribution in [0.2, 0.25) is 5.02 Å². The molecule has 0 aromatic heterocycles. The molecule has 3 N–H and O–H groups in total. The molecular weight excluding hydrogens is 436 g/mol. The number of ether oxygens (including phenoxy) is 1. The van der Waals surface area contributed by atoms with Crippen LogP contribution in [0.15, 0.2) is 30.3 Å². The van der Waals surface area contributed by atoms with E-state index in [1.165, 1.54) is 30.3 Å². The van der Waals surface area contributed by atoms with Crippen LogP contribution in [0.1, 0.15) is 42.6 Å². The molecule has 1 fully saturated rings. The Morgan fingerprint density at radius 1 is 1.19 bits per heavy atom. The highest BCUT2D eigenvalue weighted by Gasteiger charge is 2.30. The number of nitrogens with one attached hydrogen (secondary N) is 1. The number of phenols is 1. The fourth-order valence-electron chi connectivity index (χ4n) is 3.75. The van der Waals surface area contributed by atoms with Gasteiger partial charge in [-0.25, -0.2) is 4.79 Å². The molecule has 0 unspecified atom stereocenters. The summed E-state index contributed by atoms with van der Waals surface area (Å²) in [4.78, 5) is 36.9. The molecule has 0 saturated carbocycles. The number of anilines is 1. The average Bonchev–Trinajstić information content (AvgIpc) is 2.70. The van der Waals surface area contributed by atoms with Crippen molar-refractivity contribution in [2.75, 3.05) is 18.4 Å². The van der Waals surface area contributed by atoms with E-state index in [2.05, 4.69) is 19.2 Å². The molecule has 170 valence electrons. The first kappa shape index (κ1) is 23.4. The molecule has 2 amide bonds. The highest BCUT2D eigenvalue weighted by Crippen LogP contribution is 2.37. The highest BCUT2D eigenvalue weighted by molar-refractivity contribution is 6.37. The number of aryl methyl sites for hydroxylation is 1. The number of carboxylic acids is 1. The van der Waals surface area contributed by atoms with E-state index < -0.39 is 11.9 Å². The van der Waals surface area contributed by atoms with E-state index in [0.717, 1.165) is 12.8 Å². The third-order valence-corrected chi connectivity index (χ3v) is 5.57. The summed E-state index contributed by atoms with van der Waals surface area (Å²) < 4.78 is 5.88. The first-order valence-corrected chi connectivity index (χ1v) is 10.5. The lowest BCUT2D eigenvalue weighted by molar-refractivity contribution is -0.147. The molecule has 0 bridgehead atoms. The third kappa shape index (κ3) is 5.31. The van der Waals surface area contributed by atoms with Crippen LogP contribution in [-0.4, -0.2) is 46.0 Å². The largest absolute Gasteiger partial charge is 0.507 e. The van der Waals surface area contributed by atoms with Crippen LogP contribution >= 0.6 is 11.6 Å². The molecule has 1 aliphatic heterocycles. The Morgan fingerprint density at radius 3 is 2.53 bits per heavy atom. The number of carboxylic acid groups (broad SMARTS) is 1. The third-order valence-electron chi connectivity index (χ3n) is 5.29. The van der Waals surface area contributed by atoms with Gasteiger partial charge in [0.15, 0.2) is 0 Å². The molecule has 32 heavy (non-hydrogen) atoms. The number of aliphatic carboxylic acids is 1. The second-order valence-electron chi connectivity index (χ2n) is 8.64. The minimum absolute atomic E-state index is 0.0140. The minimum atomic E-state index is -1.61. The van der Waals surface area contributed by atoms with Gasteiger partial charge in [0, 0.05) is 18.8 Å². The first-order valence-electron chi connectivity index (χ1n) is 10.1. The Hall–Kier alpha value is -3.26. The summed E-state index contributed by atoms with van der Waals surface area (Å²) >= 11 is 6.29. The normalized spacial score (nSPS) is 15.2. The van der Waals surface area contributed by atoms with Crippen LogP contribution in [-0.2, 0) is 9.59 Å². The van der Waals surface area contributed by atoms with E-state index in [1.807, 2.05) is 0 Å². The number of aromatic hydroxyl groups is 1. The number of phenolic OH excluding ortho intramolecular Hbond substituents is 1. The SMILES string of the molecule is Cc1cc(NC(=O)C(=O)O)cc(Cl)c1Oc1ccc(O)c(C(=O)N2CCCC(C)(C)C2)c1. The predicted octanol–water partition coefficient (Wildman–Crippen LogP) is 4.43. The Balaban J connectivity index is 1.84. The summed E-state index contributed by atoms with van der Waals surface area (Å²) in [6.07, 6.45) is 1.93. The number of carbonyl (C=O) groups excluding carboxylic acids is 2. The van der Waals surface area contributed by atoms with Gasteiger partial charge >= 0.3 is 11.9 Å². The molecular formula is C23H25ClN2O6. The topological polar surface area (TPSA) is 116 Å². The van der Waals surface area contributed by atoms with Gasteiger partial charge < -0.3 is 25.2 Å². The van der Waals surface area contributed by atoms with E-state index >= 15 is 0 Å². The van der Waals surface area contributed by atoms with Gasteiger partial charge in [-0.3, -0.25) is 9.59 Å². The Labute approximate surface area is 190 Å². The number of hydrogen-bond acceptors (Lipinski definition) is 5. The molecule has 0 aliphatic carbocycles. The van der Waals surface area contributed by atoms with Gasteiger partial charge in [0.25, 0.3) is 5.91 Å². The van der Waals surface area contributed by atoms with Crippen LogP contribution < -0.4 is 10.1 Å². The Morgan fingerprint density at radius 2 is 1.91 bits per heavy atom.